The quantitative estimate of drug-likeness (QED) is 0.574. The first-order chi connectivity index (χ1) is 14.5. The van der Waals surface area contributed by atoms with Crippen LogP contribution in [0, 0.1) is 11.6 Å². The number of anilines is 1. The number of nitrogens with two attached hydrogens (primary N) is 1. The summed E-state index contributed by atoms with van der Waals surface area (Å²) in [6.07, 6.45) is 7.62. The van der Waals surface area contributed by atoms with Crippen LogP contribution in [0.5, 0.6) is 5.75 Å². The Morgan fingerprint density at radius 3 is 2.73 bits per heavy atom. The van der Waals surface area contributed by atoms with Crippen LogP contribution in [0.4, 0.5) is 14.6 Å². The molecule has 0 aliphatic carbocycles. The van der Waals surface area contributed by atoms with Gasteiger partial charge in [-0.3, -0.25) is 4.68 Å². The third-order valence-corrected chi connectivity index (χ3v) is 5.66. The summed E-state index contributed by atoms with van der Waals surface area (Å²) in [5, 5.41) is 7.61. The van der Waals surface area contributed by atoms with Gasteiger partial charge < -0.3 is 15.8 Å². The van der Waals surface area contributed by atoms with Gasteiger partial charge in [0.2, 0.25) is 0 Å². The van der Waals surface area contributed by atoms with Crippen molar-refractivity contribution >= 4 is 17.4 Å². The zero-order valence-corrected chi connectivity index (χ0v) is 17.0. The molecular formula is C21H22ClF2N5O. The summed E-state index contributed by atoms with van der Waals surface area (Å²) in [5.74, 6) is -0.650. The first-order valence-corrected chi connectivity index (χ1v) is 10.2. The van der Waals surface area contributed by atoms with Crippen molar-refractivity contribution in [1.82, 2.24) is 20.1 Å². The second-order valence-electron chi connectivity index (χ2n) is 7.22. The highest BCUT2D eigenvalue weighted by molar-refractivity contribution is 6.31. The van der Waals surface area contributed by atoms with Crippen LogP contribution in [0.1, 0.15) is 24.4 Å². The molecule has 1 aliphatic rings. The molecule has 2 aromatic heterocycles. The van der Waals surface area contributed by atoms with Crippen LogP contribution in [0.25, 0.3) is 11.1 Å². The molecule has 0 spiro atoms. The number of hydrogen-bond donors (Lipinski definition) is 2. The zero-order chi connectivity index (χ0) is 21.1. The number of benzene rings is 1. The van der Waals surface area contributed by atoms with Gasteiger partial charge in [0.15, 0.2) is 11.6 Å². The Balaban J connectivity index is 1.46. The molecule has 1 saturated heterocycles. The van der Waals surface area contributed by atoms with Gasteiger partial charge in [-0.2, -0.15) is 5.10 Å². The lowest BCUT2D eigenvalue weighted by Gasteiger charge is -2.22. The third kappa shape index (κ3) is 4.39. The lowest BCUT2D eigenvalue weighted by Crippen LogP contribution is -2.29. The highest BCUT2D eigenvalue weighted by Crippen LogP contribution is 2.29. The molecule has 30 heavy (non-hydrogen) atoms. The summed E-state index contributed by atoms with van der Waals surface area (Å²) in [7, 11) is 0. The Hall–Kier alpha value is -2.71. The molecule has 9 heteroatoms. The summed E-state index contributed by atoms with van der Waals surface area (Å²) in [6.45, 7) is 2.04. The average Bonchev–Trinajstić information content (AvgIpc) is 3.25. The number of nitrogens with zero attached hydrogens (tertiary/aromatic N) is 3. The Kier molecular flexibility index (Phi) is 6.15. The largest absolute Gasteiger partial charge is 0.489 e. The van der Waals surface area contributed by atoms with Crippen LogP contribution in [-0.4, -0.2) is 34.5 Å². The minimum Gasteiger partial charge on any atom is -0.489 e. The highest BCUT2D eigenvalue weighted by Gasteiger charge is 2.17. The minimum absolute atomic E-state index is 0.0719. The van der Waals surface area contributed by atoms with Crippen LogP contribution >= 0.6 is 11.6 Å². The third-order valence-electron chi connectivity index (χ3n) is 5.25. The maximum absolute atomic E-state index is 13.9. The lowest BCUT2D eigenvalue weighted by molar-refractivity contribution is 0.320. The Labute approximate surface area is 178 Å². The first kappa shape index (κ1) is 20.6. The van der Waals surface area contributed by atoms with Crippen molar-refractivity contribution in [3.8, 4) is 16.9 Å². The number of ether oxygens (including phenoxy) is 1. The molecule has 0 radical (unpaired) electrons. The smallest absolute Gasteiger partial charge is 0.166 e. The fraction of sp³-hybridized carbons (Fsp3) is 0.333. The predicted molar refractivity (Wildman–Crippen MR) is 112 cm³/mol. The van der Waals surface area contributed by atoms with E-state index in [0.29, 0.717) is 11.8 Å². The van der Waals surface area contributed by atoms with Gasteiger partial charge in [0, 0.05) is 35.5 Å². The van der Waals surface area contributed by atoms with E-state index in [9.17, 15) is 8.78 Å². The van der Waals surface area contributed by atoms with Gasteiger partial charge in [-0.1, -0.05) is 11.6 Å². The van der Waals surface area contributed by atoms with E-state index in [0.717, 1.165) is 49.2 Å². The molecule has 1 aliphatic heterocycles. The maximum Gasteiger partial charge on any atom is 0.166 e. The van der Waals surface area contributed by atoms with Gasteiger partial charge in [0.05, 0.1) is 23.9 Å². The van der Waals surface area contributed by atoms with Gasteiger partial charge in [-0.15, -0.1) is 0 Å². The van der Waals surface area contributed by atoms with E-state index >= 15 is 0 Å². The summed E-state index contributed by atoms with van der Waals surface area (Å²) in [6, 6.07) is 4.20. The van der Waals surface area contributed by atoms with Gasteiger partial charge >= 0.3 is 0 Å². The zero-order valence-electron chi connectivity index (χ0n) is 16.2. The molecule has 3 N–H and O–H groups in total. The van der Waals surface area contributed by atoms with Crippen molar-refractivity contribution in [3.63, 3.8) is 0 Å². The number of aromatic nitrogens is 3. The number of pyridine rings is 1. The van der Waals surface area contributed by atoms with E-state index in [1.807, 2.05) is 10.9 Å². The lowest BCUT2D eigenvalue weighted by atomic mass is 10.1. The number of piperidine rings is 1. The monoisotopic (exact) mass is 433 g/mol. The molecule has 0 atom stereocenters. The van der Waals surface area contributed by atoms with Gasteiger partial charge in [0.25, 0.3) is 0 Å². The average molecular weight is 434 g/mol. The SMILES string of the molecule is Nc1ncc(-c2cnn(C3CCNCC3)c2)cc1OCCc1c(F)ccc(F)c1Cl. The maximum atomic E-state index is 13.9. The number of nitrogens with one attached hydrogen (secondary N) is 1. The van der Waals surface area contributed by atoms with Crippen LogP contribution in [-0.2, 0) is 6.42 Å². The molecule has 0 saturated carbocycles. The normalized spacial score (nSPS) is 14.8. The van der Waals surface area contributed by atoms with Crippen LogP contribution in [0.3, 0.4) is 0 Å². The predicted octanol–water partition coefficient (Wildman–Crippen LogP) is 4.00. The van der Waals surface area contributed by atoms with E-state index in [-0.39, 0.29) is 29.4 Å². The first-order valence-electron chi connectivity index (χ1n) is 9.79. The molecule has 3 aromatic rings. The van der Waals surface area contributed by atoms with E-state index in [1.165, 1.54) is 0 Å². The molecular weight excluding hydrogens is 412 g/mol. The van der Waals surface area contributed by atoms with Gasteiger partial charge in [-0.25, -0.2) is 13.8 Å². The second-order valence-corrected chi connectivity index (χ2v) is 7.60. The second kappa shape index (κ2) is 8.97. The summed E-state index contributed by atoms with van der Waals surface area (Å²) < 4.78 is 35.2. The van der Waals surface area contributed by atoms with Crippen molar-refractivity contribution in [2.75, 3.05) is 25.4 Å². The van der Waals surface area contributed by atoms with Crippen molar-refractivity contribution in [1.29, 1.82) is 0 Å². The van der Waals surface area contributed by atoms with E-state index in [2.05, 4.69) is 15.4 Å². The van der Waals surface area contributed by atoms with E-state index in [1.54, 1.807) is 18.5 Å². The van der Waals surface area contributed by atoms with Crippen LogP contribution < -0.4 is 15.8 Å². The van der Waals surface area contributed by atoms with Crippen LogP contribution in [0.2, 0.25) is 5.02 Å². The fourth-order valence-electron chi connectivity index (χ4n) is 3.55. The topological polar surface area (TPSA) is 78.0 Å². The van der Waals surface area contributed by atoms with Crippen LogP contribution in [0.15, 0.2) is 36.8 Å². The molecule has 1 aromatic carbocycles. The summed E-state index contributed by atoms with van der Waals surface area (Å²) in [5.41, 5.74) is 7.72. The van der Waals surface area contributed by atoms with Crippen molar-refractivity contribution < 1.29 is 13.5 Å². The minimum atomic E-state index is -0.665. The molecule has 0 bridgehead atoms. The highest BCUT2D eigenvalue weighted by atomic mass is 35.5. The molecule has 0 amide bonds. The Bertz CT molecular complexity index is 1040. The number of nitrogen functional groups attached to an aromatic ring is 1. The molecule has 0 unspecified atom stereocenters. The van der Waals surface area contributed by atoms with E-state index in [4.69, 9.17) is 22.1 Å². The van der Waals surface area contributed by atoms with Crippen molar-refractivity contribution in [2.24, 2.45) is 0 Å². The molecule has 158 valence electrons. The van der Waals surface area contributed by atoms with Crippen molar-refractivity contribution in [2.45, 2.75) is 25.3 Å². The van der Waals surface area contributed by atoms with Crippen molar-refractivity contribution in [3.05, 3.63) is 59.0 Å². The molecule has 4 rings (SSSR count). The number of hydrogen-bond acceptors (Lipinski definition) is 5. The Morgan fingerprint density at radius 1 is 1.17 bits per heavy atom. The molecule has 1 fully saturated rings. The number of rotatable bonds is 6. The van der Waals surface area contributed by atoms with Gasteiger partial charge in [-0.05, 0) is 44.1 Å². The summed E-state index contributed by atoms with van der Waals surface area (Å²) in [4.78, 5) is 4.20. The molecule has 3 heterocycles. The number of halogens is 3. The standard InChI is InChI=1S/C21H22ClF2N5O/c22-20-16(17(23)1-2-18(20)24)5-8-30-19-9-13(10-27-21(19)25)14-11-28-29(12-14)15-3-6-26-7-4-15/h1-2,9-12,15,26H,3-8H2,(H2,25,27). The molecule has 6 nitrogen and oxygen atoms in total. The summed E-state index contributed by atoms with van der Waals surface area (Å²) >= 11 is 5.86. The van der Waals surface area contributed by atoms with E-state index < -0.39 is 11.6 Å². The van der Waals surface area contributed by atoms with Gasteiger partial charge in [0.1, 0.15) is 11.6 Å². The fourth-order valence-corrected chi connectivity index (χ4v) is 3.80. The Morgan fingerprint density at radius 2 is 1.93 bits per heavy atom.